The van der Waals surface area contributed by atoms with Crippen LogP contribution in [0.2, 0.25) is 5.02 Å². The van der Waals surface area contributed by atoms with E-state index < -0.39 is 12.0 Å². The van der Waals surface area contributed by atoms with Crippen molar-refractivity contribution >= 4 is 23.6 Å². The number of halogens is 1. The number of nitrogens with two attached hydrogens (primary N) is 1. The Morgan fingerprint density at radius 1 is 1.14 bits per heavy atom. The number of esters is 1. The second-order valence-electron chi connectivity index (χ2n) is 4.53. The van der Waals surface area contributed by atoms with E-state index in [1.54, 1.807) is 30.3 Å². The van der Waals surface area contributed by atoms with Gasteiger partial charge in [0, 0.05) is 5.02 Å². The average Bonchev–Trinajstić information content (AvgIpc) is 2.53. The number of carbonyl (C=O) groups excluding carboxylic acids is 1. The van der Waals surface area contributed by atoms with Crippen LogP contribution in [-0.4, -0.2) is 13.1 Å². The van der Waals surface area contributed by atoms with Gasteiger partial charge in [0.05, 0.1) is 18.7 Å². The van der Waals surface area contributed by atoms with Crippen LogP contribution in [0, 0.1) is 0 Å². The van der Waals surface area contributed by atoms with Gasteiger partial charge >= 0.3 is 5.97 Å². The molecule has 0 bridgehead atoms. The van der Waals surface area contributed by atoms with E-state index in [9.17, 15) is 4.79 Å². The molecule has 0 spiro atoms. The minimum atomic E-state index is -0.574. The number of carbonyl (C=O) groups is 1. The van der Waals surface area contributed by atoms with E-state index in [4.69, 9.17) is 22.1 Å². The first kappa shape index (κ1) is 15.3. The maximum atomic E-state index is 12.0. The Morgan fingerprint density at radius 2 is 1.76 bits per heavy atom. The summed E-state index contributed by atoms with van der Waals surface area (Å²) in [5, 5.41) is 0.623. The zero-order valence-corrected chi connectivity index (χ0v) is 12.4. The van der Waals surface area contributed by atoms with Gasteiger partial charge in [0.15, 0.2) is 0 Å². The number of rotatable bonds is 4. The maximum absolute atomic E-state index is 12.0. The molecule has 4 heteroatoms. The minimum Gasteiger partial charge on any atom is -0.466 e. The van der Waals surface area contributed by atoms with Gasteiger partial charge in [-0.25, -0.2) is 4.79 Å². The Balaban J connectivity index is 2.38. The lowest BCUT2D eigenvalue weighted by atomic mass is 9.97. The molecule has 2 rings (SSSR count). The molecule has 0 radical (unpaired) electrons. The predicted molar refractivity (Wildman–Crippen MR) is 84.8 cm³/mol. The third kappa shape index (κ3) is 3.94. The van der Waals surface area contributed by atoms with E-state index in [1.165, 1.54) is 7.11 Å². The van der Waals surface area contributed by atoms with Gasteiger partial charge in [-0.05, 0) is 29.3 Å². The van der Waals surface area contributed by atoms with E-state index in [-0.39, 0.29) is 0 Å². The quantitative estimate of drug-likeness (QED) is 0.693. The lowest BCUT2D eigenvalue weighted by molar-refractivity contribution is -0.136. The summed E-state index contributed by atoms with van der Waals surface area (Å²) in [6.07, 6.45) is 1.74. The molecule has 0 saturated carbocycles. The molecule has 21 heavy (non-hydrogen) atoms. The molecule has 0 aromatic heterocycles. The number of benzene rings is 2. The van der Waals surface area contributed by atoms with Crippen molar-refractivity contribution in [2.45, 2.75) is 6.04 Å². The Morgan fingerprint density at radius 3 is 2.33 bits per heavy atom. The van der Waals surface area contributed by atoms with Crippen LogP contribution >= 0.6 is 11.6 Å². The Hall–Kier alpha value is -2.10. The number of hydrogen-bond acceptors (Lipinski definition) is 3. The second-order valence-corrected chi connectivity index (χ2v) is 4.97. The molecule has 0 heterocycles. The van der Waals surface area contributed by atoms with Crippen molar-refractivity contribution < 1.29 is 9.53 Å². The molecule has 0 aliphatic rings. The van der Waals surface area contributed by atoms with Crippen molar-refractivity contribution in [2.24, 2.45) is 5.73 Å². The molecule has 0 aliphatic heterocycles. The molecule has 0 saturated heterocycles. The van der Waals surface area contributed by atoms with Crippen LogP contribution in [-0.2, 0) is 9.53 Å². The first-order chi connectivity index (χ1) is 10.1. The maximum Gasteiger partial charge on any atom is 0.335 e. The van der Waals surface area contributed by atoms with Gasteiger partial charge in [-0.2, -0.15) is 0 Å². The van der Waals surface area contributed by atoms with Crippen LogP contribution in [0.1, 0.15) is 17.2 Å². The zero-order valence-electron chi connectivity index (χ0n) is 11.6. The van der Waals surface area contributed by atoms with Crippen LogP contribution in [0.4, 0.5) is 0 Å². The highest BCUT2D eigenvalue weighted by Crippen LogP contribution is 2.24. The second kappa shape index (κ2) is 7.07. The minimum absolute atomic E-state index is 0.394. The lowest BCUT2D eigenvalue weighted by Crippen LogP contribution is -2.20. The number of methoxy groups -OCH3 is 1. The molecule has 3 nitrogen and oxygen atoms in total. The van der Waals surface area contributed by atoms with Gasteiger partial charge in [0.1, 0.15) is 0 Å². The highest BCUT2D eigenvalue weighted by molar-refractivity contribution is 6.30. The molecule has 2 N–H and O–H groups in total. The summed E-state index contributed by atoms with van der Waals surface area (Å²) >= 11 is 5.87. The van der Waals surface area contributed by atoms with E-state index in [0.717, 1.165) is 11.1 Å². The van der Waals surface area contributed by atoms with Crippen molar-refractivity contribution in [2.75, 3.05) is 7.11 Å². The number of ether oxygens (including phenoxy) is 1. The molecule has 1 atom stereocenters. The summed E-state index contributed by atoms with van der Waals surface area (Å²) in [7, 11) is 1.34. The molecule has 108 valence electrons. The third-order valence-electron chi connectivity index (χ3n) is 3.11. The first-order valence-electron chi connectivity index (χ1n) is 6.48. The molecule has 2 aromatic carbocycles. The van der Waals surface area contributed by atoms with Gasteiger partial charge < -0.3 is 10.5 Å². The van der Waals surface area contributed by atoms with Gasteiger partial charge in [0.2, 0.25) is 0 Å². The molecular formula is C17H16ClNO2. The van der Waals surface area contributed by atoms with Gasteiger partial charge in [-0.3, -0.25) is 0 Å². The van der Waals surface area contributed by atoms with Crippen molar-refractivity contribution in [1.82, 2.24) is 0 Å². The highest BCUT2D eigenvalue weighted by atomic mass is 35.5. The topological polar surface area (TPSA) is 52.3 Å². The summed E-state index contributed by atoms with van der Waals surface area (Å²) in [4.78, 5) is 12.0. The monoisotopic (exact) mass is 301 g/mol. The zero-order chi connectivity index (χ0) is 15.2. The lowest BCUT2D eigenvalue weighted by Gasteiger charge is -2.15. The van der Waals surface area contributed by atoms with Crippen molar-refractivity contribution in [3.63, 3.8) is 0 Å². The Labute approximate surface area is 129 Å². The fraction of sp³-hybridized carbons (Fsp3) is 0.118. The summed E-state index contributed by atoms with van der Waals surface area (Å²) < 4.78 is 4.84. The Bertz CT molecular complexity index is 636. The van der Waals surface area contributed by atoms with E-state index in [1.807, 2.05) is 30.3 Å². The Kier molecular flexibility index (Phi) is 5.14. The highest BCUT2D eigenvalue weighted by Gasteiger charge is 2.19. The molecule has 0 fully saturated rings. The normalized spacial score (nSPS) is 12.8. The van der Waals surface area contributed by atoms with E-state index >= 15 is 0 Å². The largest absolute Gasteiger partial charge is 0.466 e. The van der Waals surface area contributed by atoms with Crippen LogP contribution in [0.5, 0.6) is 0 Å². The predicted octanol–water partition coefficient (Wildman–Crippen LogP) is 3.60. The SMILES string of the molecule is COC(=O)/C(=C\c1ccccc1)[C@@H](N)c1ccc(Cl)cc1. The fourth-order valence-corrected chi connectivity index (χ4v) is 2.10. The summed E-state index contributed by atoms with van der Waals surface area (Å²) in [6.45, 7) is 0. The van der Waals surface area contributed by atoms with Crippen molar-refractivity contribution in [1.29, 1.82) is 0 Å². The van der Waals surface area contributed by atoms with E-state index in [0.29, 0.717) is 10.6 Å². The third-order valence-corrected chi connectivity index (χ3v) is 3.36. The summed E-state index contributed by atoms with van der Waals surface area (Å²) in [5.41, 5.74) is 8.29. The molecule has 0 unspecified atom stereocenters. The van der Waals surface area contributed by atoms with Gasteiger partial charge in [0.25, 0.3) is 0 Å². The first-order valence-corrected chi connectivity index (χ1v) is 6.85. The van der Waals surface area contributed by atoms with Crippen LogP contribution < -0.4 is 5.73 Å². The molecule has 0 aliphatic carbocycles. The molecule has 0 amide bonds. The summed E-state index contributed by atoms with van der Waals surface area (Å²) in [5.74, 6) is -0.443. The van der Waals surface area contributed by atoms with Gasteiger partial charge in [-0.1, -0.05) is 54.1 Å². The smallest absolute Gasteiger partial charge is 0.335 e. The molecule has 2 aromatic rings. The molecular weight excluding hydrogens is 286 g/mol. The fourth-order valence-electron chi connectivity index (χ4n) is 1.97. The number of hydrogen-bond donors (Lipinski definition) is 1. The van der Waals surface area contributed by atoms with Crippen molar-refractivity contribution in [3.05, 3.63) is 76.3 Å². The van der Waals surface area contributed by atoms with E-state index in [2.05, 4.69) is 0 Å². The van der Waals surface area contributed by atoms with Gasteiger partial charge in [-0.15, -0.1) is 0 Å². The van der Waals surface area contributed by atoms with Crippen LogP contribution in [0.3, 0.4) is 0 Å². The standard InChI is InChI=1S/C17H16ClNO2/c1-21-17(20)15(11-12-5-3-2-4-6-12)16(19)13-7-9-14(18)10-8-13/h2-11,16H,19H2,1H3/b15-11-/t16-/m0/s1. The van der Waals surface area contributed by atoms with Crippen LogP contribution in [0.25, 0.3) is 6.08 Å². The van der Waals surface area contributed by atoms with Crippen LogP contribution in [0.15, 0.2) is 60.2 Å². The average molecular weight is 302 g/mol. The summed E-state index contributed by atoms with van der Waals surface area (Å²) in [6, 6.07) is 16.0. The van der Waals surface area contributed by atoms with Crippen molar-refractivity contribution in [3.8, 4) is 0 Å².